The Morgan fingerprint density at radius 1 is 1.05 bits per heavy atom. The van der Waals surface area contributed by atoms with Crippen LogP contribution in [0.15, 0.2) is 60.0 Å². The number of aromatic nitrogens is 3. The molecule has 10 heteroatoms. The van der Waals surface area contributed by atoms with Gasteiger partial charge in [0.15, 0.2) is 5.78 Å². The number of Topliss-reactive ketones (excluding diaryl/α,β-unsaturated/α-hetero) is 1. The van der Waals surface area contributed by atoms with Gasteiger partial charge in [-0.2, -0.15) is 32.1 Å². The van der Waals surface area contributed by atoms with Gasteiger partial charge in [-0.15, -0.1) is 11.3 Å². The Bertz CT molecular complexity index is 1400. The van der Waals surface area contributed by atoms with Crippen LogP contribution in [0, 0.1) is 25.6 Å². The second-order valence-electron chi connectivity index (χ2n) is 8.67. The molecule has 4 aromatic rings. The van der Waals surface area contributed by atoms with E-state index in [0.29, 0.717) is 18.1 Å². The smallest absolute Gasteiger partial charge is 0.232 e. The quantitative estimate of drug-likeness (QED) is 0.286. The number of ketones is 1. The van der Waals surface area contributed by atoms with Crippen LogP contribution in [0.4, 0.5) is 10.2 Å². The van der Waals surface area contributed by atoms with Crippen LogP contribution < -0.4 is 4.90 Å². The lowest BCUT2D eigenvalue weighted by molar-refractivity contribution is -0.123. The van der Waals surface area contributed by atoms with E-state index in [-0.39, 0.29) is 50.9 Å². The first-order valence-corrected chi connectivity index (χ1v) is 12.4. The van der Waals surface area contributed by atoms with Crippen LogP contribution in [0.2, 0.25) is 0 Å². The highest BCUT2D eigenvalue weighted by Crippen LogP contribution is 2.47. The summed E-state index contributed by atoms with van der Waals surface area (Å²) in [5.41, 5.74) is 3.65. The summed E-state index contributed by atoms with van der Waals surface area (Å²) in [5, 5.41) is 7.35. The summed E-state index contributed by atoms with van der Waals surface area (Å²) >= 11 is 1.41. The molecule has 0 saturated heterocycles. The summed E-state index contributed by atoms with van der Waals surface area (Å²) in [5.74, 6) is -1.08. The molecule has 1 amide bonds. The highest BCUT2D eigenvalue weighted by Gasteiger charge is 2.45. The average molecular weight is 557 g/mol. The van der Waals surface area contributed by atoms with Gasteiger partial charge >= 0.3 is 0 Å². The maximum atomic E-state index is 14.0. The second-order valence-corrected chi connectivity index (χ2v) is 9.73. The van der Waals surface area contributed by atoms with Gasteiger partial charge in [0.25, 0.3) is 0 Å². The highest BCUT2D eigenvalue weighted by atomic mass is 32.1. The maximum Gasteiger partial charge on any atom is 0.232 e. The minimum atomic E-state index is -0.658. The van der Waals surface area contributed by atoms with Crippen LogP contribution in [-0.4, -0.2) is 33.0 Å². The Morgan fingerprint density at radius 2 is 1.73 bits per heavy atom. The van der Waals surface area contributed by atoms with Gasteiger partial charge in [0.05, 0.1) is 22.3 Å². The zero-order valence-corrected chi connectivity index (χ0v) is 23.6. The molecule has 0 N–H and O–H groups in total. The molecule has 3 heterocycles. The van der Waals surface area contributed by atoms with Crippen LogP contribution in [-0.2, 0) is 4.79 Å². The van der Waals surface area contributed by atoms with Crippen LogP contribution in [0.1, 0.15) is 51.6 Å². The van der Waals surface area contributed by atoms with Crippen molar-refractivity contribution in [3.05, 3.63) is 93.3 Å². The number of rotatable bonds is 6. The summed E-state index contributed by atoms with van der Waals surface area (Å²) in [6.45, 7) is 6.11. The first-order chi connectivity index (χ1) is 16.9. The molecule has 0 unspecified atom stereocenters. The lowest BCUT2D eigenvalue weighted by Crippen LogP contribution is -2.45. The Kier molecular flexibility index (Phi) is 8.99. The normalized spacial score (nSPS) is 16.5. The molecule has 0 radical (unpaired) electrons. The van der Waals surface area contributed by atoms with Crippen molar-refractivity contribution < 1.29 is 14.0 Å². The van der Waals surface area contributed by atoms with Gasteiger partial charge in [-0.25, -0.2) is 14.1 Å². The van der Waals surface area contributed by atoms with Gasteiger partial charge in [0, 0.05) is 29.8 Å². The minimum absolute atomic E-state index is 0. The van der Waals surface area contributed by atoms with E-state index in [1.165, 1.54) is 23.5 Å². The fourth-order valence-electron chi connectivity index (χ4n) is 4.92. The number of anilines is 1. The van der Waals surface area contributed by atoms with Gasteiger partial charge in [0.2, 0.25) is 5.91 Å². The Hall–Kier alpha value is -2.95. The van der Waals surface area contributed by atoms with E-state index in [1.807, 2.05) is 51.1 Å². The van der Waals surface area contributed by atoms with Crippen molar-refractivity contribution in [1.82, 2.24) is 14.8 Å². The van der Waals surface area contributed by atoms with Gasteiger partial charge < -0.3 is 0 Å². The minimum Gasteiger partial charge on any atom is -0.296 e. The Balaban J connectivity index is 0.00000190. The number of carbonyl (C=O) groups excluding carboxylic acids is 2. The van der Waals surface area contributed by atoms with E-state index >= 15 is 0 Å². The summed E-state index contributed by atoms with van der Waals surface area (Å²) in [4.78, 5) is 33.2. The monoisotopic (exact) mass is 556 g/mol. The number of carbonyl (C=O) groups is 2. The molecular formula is C27H29FN4O2S3. The highest BCUT2D eigenvalue weighted by molar-refractivity contribution is 7.59. The van der Waals surface area contributed by atoms with E-state index in [1.54, 1.807) is 27.1 Å². The molecule has 2 atom stereocenters. The zero-order chi connectivity index (χ0) is 24.7. The molecule has 0 bridgehead atoms. The van der Waals surface area contributed by atoms with Crippen molar-refractivity contribution in [3.8, 4) is 5.69 Å². The number of halogens is 1. The number of para-hydroxylation sites is 1. The van der Waals surface area contributed by atoms with Gasteiger partial charge in [-0.1, -0.05) is 30.3 Å². The molecule has 0 aliphatic carbocycles. The van der Waals surface area contributed by atoms with Crippen molar-refractivity contribution >= 4 is 55.8 Å². The Labute approximate surface area is 233 Å². The molecule has 1 aliphatic heterocycles. The zero-order valence-electron chi connectivity index (χ0n) is 20.7. The third-order valence-electron chi connectivity index (χ3n) is 6.49. The van der Waals surface area contributed by atoms with Gasteiger partial charge in [0.1, 0.15) is 17.3 Å². The van der Waals surface area contributed by atoms with Crippen LogP contribution >= 0.6 is 38.3 Å². The molecule has 0 spiro atoms. The molecule has 37 heavy (non-hydrogen) atoms. The van der Waals surface area contributed by atoms with Crippen molar-refractivity contribution in [2.45, 2.75) is 33.1 Å². The molecule has 1 aliphatic rings. The number of hydrogen-bond donors (Lipinski definition) is 0. The van der Waals surface area contributed by atoms with Crippen molar-refractivity contribution in [1.29, 1.82) is 0 Å². The van der Waals surface area contributed by atoms with E-state index in [0.717, 1.165) is 27.5 Å². The van der Waals surface area contributed by atoms with Crippen LogP contribution in [0.5, 0.6) is 0 Å². The second kappa shape index (κ2) is 11.6. The first-order valence-electron chi connectivity index (χ1n) is 11.6. The standard InChI is InChI=1S/C27H25FN4O2S.2H2S/c1-4-31-26-24(16(2)30-32(26)20-8-6-5-7-9-20)25(18-10-12-19(28)13-11-18)21(27(31)34)14-23(33)22-15-35-17(3)29-22;;/h5-13,15,21,25H,4,14H2,1-3H3;2*1H2/t21-,25+;;/m0../s1. The average Bonchev–Trinajstić information content (AvgIpc) is 3.44. The van der Waals surface area contributed by atoms with Crippen molar-refractivity contribution in [2.24, 2.45) is 5.92 Å². The number of hydrogen-bond acceptors (Lipinski definition) is 5. The van der Waals surface area contributed by atoms with E-state index in [9.17, 15) is 14.0 Å². The van der Waals surface area contributed by atoms with Crippen LogP contribution in [0.3, 0.4) is 0 Å². The molecular weight excluding hydrogens is 528 g/mol. The van der Waals surface area contributed by atoms with E-state index in [4.69, 9.17) is 5.10 Å². The van der Waals surface area contributed by atoms with Gasteiger partial charge in [-0.05, 0) is 50.6 Å². The molecule has 194 valence electrons. The molecule has 5 rings (SSSR count). The number of fused-ring (bicyclic) bond motifs is 1. The number of benzene rings is 2. The fraction of sp³-hybridized carbons (Fsp3) is 0.259. The predicted molar refractivity (Wildman–Crippen MR) is 155 cm³/mol. The summed E-state index contributed by atoms with van der Waals surface area (Å²) < 4.78 is 15.6. The summed E-state index contributed by atoms with van der Waals surface area (Å²) in [6, 6.07) is 15.8. The van der Waals surface area contributed by atoms with E-state index in [2.05, 4.69) is 4.98 Å². The fourth-order valence-corrected chi connectivity index (χ4v) is 5.54. The maximum absolute atomic E-state index is 14.0. The molecule has 2 aromatic carbocycles. The number of aryl methyl sites for hydroxylation is 2. The first kappa shape index (κ1) is 28.6. The molecule has 6 nitrogen and oxygen atoms in total. The number of nitrogens with zero attached hydrogens (tertiary/aromatic N) is 4. The lowest BCUT2D eigenvalue weighted by Gasteiger charge is -2.38. The summed E-state index contributed by atoms with van der Waals surface area (Å²) in [7, 11) is 0. The molecule has 0 fully saturated rings. The SMILES string of the molecule is CCN1C(=O)[C@@H](CC(=O)c2csc(C)n2)[C@@H](c2ccc(F)cc2)c2c(C)nn(-c3ccccc3)c21.S.S. The third kappa shape index (κ3) is 5.23. The van der Waals surface area contributed by atoms with Crippen molar-refractivity contribution in [2.75, 3.05) is 11.4 Å². The molecule has 0 saturated carbocycles. The summed E-state index contributed by atoms with van der Waals surface area (Å²) in [6.07, 6.45) is 0.00987. The largest absolute Gasteiger partial charge is 0.296 e. The number of thiazole rings is 1. The Morgan fingerprint density at radius 3 is 2.32 bits per heavy atom. The van der Waals surface area contributed by atoms with Gasteiger partial charge in [-0.3, -0.25) is 14.5 Å². The van der Waals surface area contributed by atoms with E-state index < -0.39 is 11.8 Å². The predicted octanol–water partition coefficient (Wildman–Crippen LogP) is 5.70. The number of amides is 1. The topological polar surface area (TPSA) is 68.1 Å². The van der Waals surface area contributed by atoms with Crippen molar-refractivity contribution in [3.63, 3.8) is 0 Å². The third-order valence-corrected chi connectivity index (χ3v) is 7.26. The molecule has 2 aromatic heterocycles. The lowest BCUT2D eigenvalue weighted by atomic mass is 9.74. The van der Waals surface area contributed by atoms with Crippen LogP contribution in [0.25, 0.3) is 5.69 Å².